The summed E-state index contributed by atoms with van der Waals surface area (Å²) in [4.78, 5) is 25.5. The Balaban J connectivity index is 1.59. The predicted octanol–water partition coefficient (Wildman–Crippen LogP) is 0.945. The lowest BCUT2D eigenvalue weighted by Gasteiger charge is -2.26. The first-order valence-corrected chi connectivity index (χ1v) is 6.58. The highest BCUT2D eigenvalue weighted by molar-refractivity contribution is 5.93. The minimum atomic E-state index is -0.316. The first kappa shape index (κ1) is 13.2. The SMILES string of the molecule is O=C(NCC1COc2ccccc2O1)c1cc[nH]c(=O)c1. The van der Waals surface area contributed by atoms with Crippen molar-refractivity contribution in [3.63, 3.8) is 0 Å². The van der Waals surface area contributed by atoms with E-state index in [0.29, 0.717) is 30.2 Å². The fourth-order valence-electron chi connectivity index (χ4n) is 2.06. The van der Waals surface area contributed by atoms with E-state index in [0.717, 1.165) is 0 Å². The van der Waals surface area contributed by atoms with Crippen LogP contribution in [0.5, 0.6) is 11.5 Å². The topological polar surface area (TPSA) is 80.4 Å². The van der Waals surface area contributed by atoms with Gasteiger partial charge in [-0.2, -0.15) is 0 Å². The summed E-state index contributed by atoms with van der Waals surface area (Å²) >= 11 is 0. The number of ether oxygens (including phenoxy) is 2. The Morgan fingerprint density at radius 2 is 2.10 bits per heavy atom. The van der Waals surface area contributed by atoms with Gasteiger partial charge in [0, 0.05) is 17.8 Å². The molecule has 1 unspecified atom stereocenters. The number of amides is 1. The Morgan fingerprint density at radius 3 is 2.90 bits per heavy atom. The molecule has 108 valence electrons. The zero-order chi connectivity index (χ0) is 14.7. The molecular weight excluding hydrogens is 272 g/mol. The fourth-order valence-corrected chi connectivity index (χ4v) is 2.06. The average molecular weight is 286 g/mol. The van der Waals surface area contributed by atoms with Crippen molar-refractivity contribution in [2.75, 3.05) is 13.2 Å². The molecule has 1 amide bonds. The molecule has 6 heteroatoms. The van der Waals surface area contributed by atoms with Crippen LogP contribution in [0.15, 0.2) is 47.4 Å². The van der Waals surface area contributed by atoms with Crippen LogP contribution in [0.2, 0.25) is 0 Å². The number of rotatable bonds is 3. The Labute approximate surface area is 120 Å². The summed E-state index contributed by atoms with van der Waals surface area (Å²) in [6.07, 6.45) is 1.18. The molecule has 6 nitrogen and oxygen atoms in total. The molecule has 2 heterocycles. The number of hydrogen-bond acceptors (Lipinski definition) is 4. The van der Waals surface area contributed by atoms with Crippen molar-refractivity contribution in [2.45, 2.75) is 6.10 Å². The number of hydrogen-bond donors (Lipinski definition) is 2. The van der Waals surface area contributed by atoms with Gasteiger partial charge in [0.15, 0.2) is 11.5 Å². The molecule has 21 heavy (non-hydrogen) atoms. The highest BCUT2D eigenvalue weighted by atomic mass is 16.6. The molecule has 1 aliphatic heterocycles. The van der Waals surface area contributed by atoms with Crippen molar-refractivity contribution < 1.29 is 14.3 Å². The zero-order valence-electron chi connectivity index (χ0n) is 11.2. The van der Waals surface area contributed by atoms with Crippen LogP contribution in [0.25, 0.3) is 0 Å². The second-order valence-electron chi connectivity index (χ2n) is 4.65. The third-order valence-electron chi connectivity index (χ3n) is 3.10. The molecule has 3 rings (SSSR count). The van der Waals surface area contributed by atoms with Gasteiger partial charge < -0.3 is 19.8 Å². The van der Waals surface area contributed by atoms with Crippen molar-refractivity contribution in [3.8, 4) is 11.5 Å². The summed E-state index contributed by atoms with van der Waals surface area (Å²) in [5.41, 5.74) is 0.00436. The van der Waals surface area contributed by atoms with E-state index in [-0.39, 0.29) is 17.6 Å². The number of pyridine rings is 1. The third-order valence-corrected chi connectivity index (χ3v) is 3.10. The van der Waals surface area contributed by atoms with Crippen LogP contribution < -0.4 is 20.3 Å². The molecule has 2 aromatic rings. The van der Waals surface area contributed by atoms with E-state index in [2.05, 4.69) is 10.3 Å². The highest BCUT2D eigenvalue weighted by Crippen LogP contribution is 2.30. The smallest absolute Gasteiger partial charge is 0.251 e. The maximum atomic E-state index is 11.9. The molecule has 2 N–H and O–H groups in total. The number of nitrogens with one attached hydrogen (secondary N) is 2. The van der Waals surface area contributed by atoms with Gasteiger partial charge in [-0.1, -0.05) is 12.1 Å². The summed E-state index contributed by atoms with van der Waals surface area (Å²) < 4.78 is 11.3. The van der Waals surface area contributed by atoms with E-state index in [1.54, 1.807) is 6.07 Å². The lowest BCUT2D eigenvalue weighted by Crippen LogP contribution is -2.40. The van der Waals surface area contributed by atoms with Crippen LogP contribution >= 0.6 is 0 Å². The number of carbonyl (C=O) groups is 1. The summed E-state index contributed by atoms with van der Waals surface area (Å²) in [6.45, 7) is 0.673. The van der Waals surface area contributed by atoms with Gasteiger partial charge in [0.2, 0.25) is 5.56 Å². The van der Waals surface area contributed by atoms with Crippen LogP contribution in [-0.4, -0.2) is 30.1 Å². The van der Waals surface area contributed by atoms with Gasteiger partial charge in [-0.15, -0.1) is 0 Å². The van der Waals surface area contributed by atoms with Crippen LogP contribution in [0.4, 0.5) is 0 Å². The number of para-hydroxylation sites is 2. The first-order valence-electron chi connectivity index (χ1n) is 6.58. The summed E-state index contributed by atoms with van der Waals surface area (Å²) in [5, 5.41) is 2.73. The highest BCUT2D eigenvalue weighted by Gasteiger charge is 2.21. The number of aromatic nitrogens is 1. The summed E-state index contributed by atoms with van der Waals surface area (Å²) in [5.74, 6) is 1.05. The van der Waals surface area contributed by atoms with Gasteiger partial charge in [-0.3, -0.25) is 9.59 Å². The van der Waals surface area contributed by atoms with Gasteiger partial charge in [0.25, 0.3) is 5.91 Å². The van der Waals surface area contributed by atoms with Crippen molar-refractivity contribution in [1.29, 1.82) is 0 Å². The quantitative estimate of drug-likeness (QED) is 0.880. The average Bonchev–Trinajstić information content (AvgIpc) is 2.52. The van der Waals surface area contributed by atoms with Gasteiger partial charge >= 0.3 is 0 Å². The van der Waals surface area contributed by atoms with E-state index in [1.165, 1.54) is 12.3 Å². The van der Waals surface area contributed by atoms with Crippen molar-refractivity contribution in [2.24, 2.45) is 0 Å². The standard InChI is InChI=1S/C15H14N2O4/c18-14-7-10(5-6-16-14)15(19)17-8-11-9-20-12-3-1-2-4-13(12)21-11/h1-7,11H,8-9H2,(H,16,18)(H,17,19). The number of H-pyrrole nitrogens is 1. The van der Waals surface area contributed by atoms with Crippen LogP contribution in [0, 0.1) is 0 Å². The normalized spacial score (nSPS) is 16.3. The molecule has 1 aromatic carbocycles. The van der Waals surface area contributed by atoms with E-state index < -0.39 is 0 Å². The maximum absolute atomic E-state index is 11.9. The van der Waals surface area contributed by atoms with E-state index >= 15 is 0 Å². The summed E-state index contributed by atoms with van der Waals surface area (Å²) in [7, 11) is 0. The molecule has 0 bridgehead atoms. The molecule has 1 aliphatic rings. The maximum Gasteiger partial charge on any atom is 0.251 e. The van der Waals surface area contributed by atoms with Gasteiger partial charge in [-0.25, -0.2) is 0 Å². The fraction of sp³-hybridized carbons (Fsp3) is 0.200. The van der Waals surface area contributed by atoms with Crippen molar-refractivity contribution >= 4 is 5.91 Å². The van der Waals surface area contributed by atoms with Gasteiger partial charge in [0.05, 0.1) is 6.54 Å². The molecular formula is C15H14N2O4. The largest absolute Gasteiger partial charge is 0.486 e. The minimum Gasteiger partial charge on any atom is -0.486 e. The second kappa shape index (κ2) is 5.70. The second-order valence-corrected chi connectivity index (χ2v) is 4.65. The molecule has 0 radical (unpaired) electrons. The van der Waals surface area contributed by atoms with Crippen molar-refractivity contribution in [1.82, 2.24) is 10.3 Å². The van der Waals surface area contributed by atoms with E-state index in [9.17, 15) is 9.59 Å². The van der Waals surface area contributed by atoms with Crippen LogP contribution in [0.3, 0.4) is 0 Å². The molecule has 0 fully saturated rings. The Bertz CT molecular complexity index is 711. The number of carbonyl (C=O) groups excluding carboxylic acids is 1. The summed E-state index contributed by atoms with van der Waals surface area (Å²) in [6, 6.07) is 10.2. The molecule has 1 atom stereocenters. The van der Waals surface area contributed by atoms with Crippen molar-refractivity contribution in [3.05, 3.63) is 58.5 Å². The van der Waals surface area contributed by atoms with Crippen LogP contribution in [0.1, 0.15) is 10.4 Å². The number of fused-ring (bicyclic) bond motifs is 1. The first-order chi connectivity index (χ1) is 10.2. The third kappa shape index (κ3) is 3.05. The van der Waals surface area contributed by atoms with E-state index in [4.69, 9.17) is 9.47 Å². The minimum absolute atomic E-state index is 0.258. The Morgan fingerprint density at radius 1 is 1.29 bits per heavy atom. The molecule has 0 saturated heterocycles. The van der Waals surface area contributed by atoms with Gasteiger partial charge in [-0.05, 0) is 18.2 Å². The van der Waals surface area contributed by atoms with Gasteiger partial charge in [0.1, 0.15) is 12.7 Å². The number of benzene rings is 1. The monoisotopic (exact) mass is 286 g/mol. The lowest BCUT2D eigenvalue weighted by molar-refractivity contribution is 0.0789. The Kier molecular flexibility index (Phi) is 3.59. The lowest BCUT2D eigenvalue weighted by atomic mass is 10.2. The van der Waals surface area contributed by atoms with Crippen LogP contribution in [-0.2, 0) is 0 Å². The number of aromatic amines is 1. The molecule has 1 aromatic heterocycles. The Hall–Kier alpha value is -2.76. The zero-order valence-corrected chi connectivity index (χ0v) is 11.2. The molecule has 0 spiro atoms. The molecule has 0 aliphatic carbocycles. The van der Waals surface area contributed by atoms with E-state index in [1.807, 2.05) is 24.3 Å². The predicted molar refractivity (Wildman–Crippen MR) is 75.7 cm³/mol. The molecule has 0 saturated carbocycles.